The molecule has 0 spiro atoms. The van der Waals surface area contributed by atoms with Gasteiger partial charge >= 0.3 is 5.97 Å². The number of hydrogen-bond acceptors (Lipinski definition) is 6. The Morgan fingerprint density at radius 2 is 1.89 bits per heavy atom. The Kier molecular flexibility index (Phi) is 7.36. The van der Waals surface area contributed by atoms with Crippen molar-refractivity contribution in [1.29, 1.82) is 0 Å². The van der Waals surface area contributed by atoms with Gasteiger partial charge < -0.3 is 25.0 Å². The van der Waals surface area contributed by atoms with Crippen molar-refractivity contribution in [2.24, 2.45) is 0 Å². The van der Waals surface area contributed by atoms with Crippen LogP contribution < -0.4 is 15.4 Å². The fourth-order valence-electron chi connectivity index (χ4n) is 2.46. The van der Waals surface area contributed by atoms with Crippen molar-refractivity contribution in [3.63, 3.8) is 0 Å². The van der Waals surface area contributed by atoms with Crippen molar-refractivity contribution in [3.8, 4) is 5.75 Å². The molecule has 150 valence electrons. The van der Waals surface area contributed by atoms with Gasteiger partial charge in [-0.25, -0.2) is 4.79 Å². The number of carbonyl (C=O) groups excluding carboxylic acids is 2. The van der Waals surface area contributed by atoms with Crippen LogP contribution in [0.1, 0.15) is 32.5 Å². The van der Waals surface area contributed by atoms with Crippen molar-refractivity contribution >= 4 is 51.2 Å². The van der Waals surface area contributed by atoms with E-state index in [1.165, 1.54) is 12.0 Å². The fourth-order valence-corrected chi connectivity index (χ4v) is 3.96. The number of ether oxygens (including phenoxy) is 2. The van der Waals surface area contributed by atoms with Gasteiger partial charge in [0.05, 0.1) is 29.8 Å². The molecule has 1 amide bonds. The summed E-state index contributed by atoms with van der Waals surface area (Å²) >= 11 is 6.55. The third-order valence-corrected chi connectivity index (χ3v) is 5.20. The van der Waals surface area contributed by atoms with Crippen LogP contribution in [-0.4, -0.2) is 49.7 Å². The van der Waals surface area contributed by atoms with E-state index in [-0.39, 0.29) is 11.0 Å². The Morgan fingerprint density at radius 3 is 2.50 bits per heavy atom. The van der Waals surface area contributed by atoms with E-state index < -0.39 is 5.97 Å². The maximum Gasteiger partial charge on any atom is 0.341 e. The molecule has 2 N–H and O–H groups in total. The number of carbonyl (C=O) groups is 2. The van der Waals surface area contributed by atoms with Crippen molar-refractivity contribution in [1.82, 2.24) is 4.90 Å². The molecule has 0 aliphatic heterocycles. The molecule has 0 atom stereocenters. The number of nitrogens with one attached hydrogen (secondary N) is 2. The molecule has 28 heavy (non-hydrogen) atoms. The number of thiocarbonyl (C=S) groups is 1. The molecule has 9 heteroatoms. The number of benzene rings is 1. The quantitative estimate of drug-likeness (QED) is 0.543. The van der Waals surface area contributed by atoms with Gasteiger partial charge in [0.2, 0.25) is 0 Å². The first-order valence-corrected chi connectivity index (χ1v) is 9.75. The smallest absolute Gasteiger partial charge is 0.341 e. The Balaban J connectivity index is 2.32. The summed E-state index contributed by atoms with van der Waals surface area (Å²) in [6.07, 6.45) is 0. The summed E-state index contributed by atoms with van der Waals surface area (Å²) in [6, 6.07) is 7.39. The van der Waals surface area contributed by atoms with E-state index in [2.05, 4.69) is 10.6 Å². The van der Waals surface area contributed by atoms with Crippen molar-refractivity contribution in [3.05, 3.63) is 40.3 Å². The molecule has 0 saturated carbocycles. The zero-order chi connectivity index (χ0) is 20.8. The topological polar surface area (TPSA) is 79.9 Å². The van der Waals surface area contributed by atoms with Crippen LogP contribution in [0.15, 0.2) is 24.3 Å². The summed E-state index contributed by atoms with van der Waals surface area (Å²) in [7, 11) is 4.61. The van der Waals surface area contributed by atoms with E-state index >= 15 is 0 Å². The highest BCUT2D eigenvalue weighted by molar-refractivity contribution is 7.80. The number of thiophene rings is 1. The first-order chi connectivity index (χ1) is 13.3. The number of anilines is 2. The van der Waals surface area contributed by atoms with Gasteiger partial charge in [0.25, 0.3) is 5.91 Å². The van der Waals surface area contributed by atoms with Gasteiger partial charge in [-0.2, -0.15) is 0 Å². The molecule has 0 aliphatic carbocycles. The van der Waals surface area contributed by atoms with Gasteiger partial charge in [0.15, 0.2) is 5.11 Å². The second-order valence-corrected chi connectivity index (χ2v) is 7.39. The summed E-state index contributed by atoms with van der Waals surface area (Å²) in [5.74, 6) is -0.0685. The predicted molar refractivity (Wildman–Crippen MR) is 116 cm³/mol. The number of amides is 1. The van der Waals surface area contributed by atoms with Gasteiger partial charge in [-0.3, -0.25) is 4.79 Å². The minimum absolute atomic E-state index is 0.193. The van der Waals surface area contributed by atoms with E-state index in [0.29, 0.717) is 39.0 Å². The third-order valence-electron chi connectivity index (χ3n) is 3.80. The normalized spacial score (nSPS) is 10.2. The van der Waals surface area contributed by atoms with Crippen LogP contribution in [0.2, 0.25) is 0 Å². The fraction of sp³-hybridized carbons (Fsp3) is 0.316. The second kappa shape index (κ2) is 9.52. The molecule has 0 fully saturated rings. The molecular weight excluding hydrogens is 398 g/mol. The molecule has 0 radical (unpaired) electrons. The molecule has 2 rings (SSSR count). The van der Waals surface area contributed by atoms with Crippen LogP contribution in [0.3, 0.4) is 0 Å². The second-order valence-electron chi connectivity index (χ2n) is 5.96. The van der Waals surface area contributed by atoms with Gasteiger partial charge in [0, 0.05) is 14.1 Å². The molecule has 1 heterocycles. The Morgan fingerprint density at radius 1 is 1.21 bits per heavy atom. The molecule has 2 aromatic rings. The number of rotatable bonds is 6. The van der Waals surface area contributed by atoms with Gasteiger partial charge in [0.1, 0.15) is 10.8 Å². The number of esters is 1. The Bertz CT molecular complexity index is 893. The standard InChI is InChI=1S/C19H23N3O4S2/c1-6-26-13-10-8-7-9-12(13)20-19(27)21-16-14(18(24)25-5)11(2)15(28-16)17(23)22(3)4/h7-10H,6H2,1-5H3,(H2,20,21,27). The lowest BCUT2D eigenvalue weighted by atomic mass is 10.1. The molecule has 1 aromatic heterocycles. The lowest BCUT2D eigenvalue weighted by molar-refractivity contribution is 0.0601. The molecule has 0 unspecified atom stereocenters. The SMILES string of the molecule is CCOc1ccccc1NC(=S)Nc1sc(C(=O)N(C)C)c(C)c1C(=O)OC. The number of para-hydroxylation sites is 2. The minimum atomic E-state index is -0.536. The third kappa shape index (κ3) is 4.79. The van der Waals surface area contributed by atoms with Gasteiger partial charge in [-0.1, -0.05) is 12.1 Å². The molecule has 0 aliphatic rings. The van der Waals surface area contributed by atoms with E-state index in [0.717, 1.165) is 11.3 Å². The number of nitrogens with zero attached hydrogens (tertiary/aromatic N) is 1. The molecule has 1 aromatic carbocycles. The summed E-state index contributed by atoms with van der Waals surface area (Å²) < 4.78 is 10.5. The van der Waals surface area contributed by atoms with Gasteiger partial charge in [-0.05, 0) is 43.8 Å². The molecule has 7 nitrogen and oxygen atoms in total. The monoisotopic (exact) mass is 421 g/mol. The molecule has 0 saturated heterocycles. The van der Waals surface area contributed by atoms with Crippen LogP contribution in [0, 0.1) is 6.92 Å². The Hall–Kier alpha value is -2.65. The summed E-state index contributed by atoms with van der Waals surface area (Å²) in [6.45, 7) is 4.13. The number of hydrogen-bond donors (Lipinski definition) is 2. The zero-order valence-corrected chi connectivity index (χ0v) is 18.0. The summed E-state index contributed by atoms with van der Waals surface area (Å²) in [4.78, 5) is 26.6. The minimum Gasteiger partial charge on any atom is -0.492 e. The first kappa shape index (κ1) is 21.6. The highest BCUT2D eigenvalue weighted by atomic mass is 32.1. The average Bonchev–Trinajstić information content (AvgIpc) is 2.97. The zero-order valence-electron chi connectivity index (χ0n) is 16.4. The molecule has 0 bridgehead atoms. The lowest BCUT2D eigenvalue weighted by Crippen LogP contribution is -2.21. The van der Waals surface area contributed by atoms with Crippen molar-refractivity contribution in [2.75, 3.05) is 38.4 Å². The lowest BCUT2D eigenvalue weighted by Gasteiger charge is -2.14. The van der Waals surface area contributed by atoms with Crippen LogP contribution in [0.25, 0.3) is 0 Å². The van der Waals surface area contributed by atoms with Crippen LogP contribution in [-0.2, 0) is 4.74 Å². The first-order valence-electron chi connectivity index (χ1n) is 8.53. The van der Waals surface area contributed by atoms with E-state index in [1.54, 1.807) is 21.0 Å². The predicted octanol–water partition coefficient (Wildman–Crippen LogP) is 3.75. The van der Waals surface area contributed by atoms with Gasteiger partial charge in [-0.15, -0.1) is 11.3 Å². The molecular formula is C19H23N3O4S2. The highest BCUT2D eigenvalue weighted by Crippen LogP contribution is 2.34. The maximum atomic E-state index is 12.4. The largest absolute Gasteiger partial charge is 0.492 e. The van der Waals surface area contributed by atoms with Crippen molar-refractivity contribution in [2.45, 2.75) is 13.8 Å². The van der Waals surface area contributed by atoms with Crippen LogP contribution in [0.4, 0.5) is 10.7 Å². The van der Waals surface area contributed by atoms with Crippen LogP contribution >= 0.6 is 23.6 Å². The van der Waals surface area contributed by atoms with Crippen molar-refractivity contribution < 1.29 is 19.1 Å². The average molecular weight is 422 g/mol. The summed E-state index contributed by atoms with van der Waals surface area (Å²) in [5.41, 5.74) is 1.54. The van der Waals surface area contributed by atoms with E-state index in [4.69, 9.17) is 21.7 Å². The Labute approximate surface area is 173 Å². The van der Waals surface area contributed by atoms with E-state index in [9.17, 15) is 9.59 Å². The van der Waals surface area contributed by atoms with E-state index in [1.807, 2.05) is 31.2 Å². The number of methoxy groups -OCH3 is 1. The highest BCUT2D eigenvalue weighted by Gasteiger charge is 2.26. The van der Waals surface area contributed by atoms with Crippen LogP contribution in [0.5, 0.6) is 5.75 Å². The summed E-state index contributed by atoms with van der Waals surface area (Å²) in [5, 5.41) is 6.78. The maximum absolute atomic E-state index is 12.4.